The maximum Gasteiger partial charge on any atom is 0.318 e. The number of carbonyl (C=O) groups is 1. The van der Waals surface area contributed by atoms with Crippen LogP contribution in [0, 0.1) is 24.6 Å². The number of methoxy groups -OCH3 is 1. The van der Waals surface area contributed by atoms with Crippen molar-refractivity contribution in [1.29, 1.82) is 0 Å². The molecule has 2 aliphatic rings. The molecule has 0 bridgehead atoms. The Morgan fingerprint density at radius 2 is 2.19 bits per heavy atom. The number of carbonyl (C=O) groups excluding carboxylic acids is 1. The number of anilines is 1. The van der Waals surface area contributed by atoms with Gasteiger partial charge < -0.3 is 19.0 Å². The normalized spacial score (nSPS) is 25.0. The molecular weight excluding hydrogens is 339 g/mol. The van der Waals surface area contributed by atoms with E-state index in [1.807, 2.05) is 11.0 Å². The van der Waals surface area contributed by atoms with Crippen LogP contribution >= 0.6 is 0 Å². The topological polar surface area (TPSA) is 71.7 Å². The number of nitrogens with zero attached hydrogens (tertiary/aromatic N) is 4. The lowest BCUT2D eigenvalue weighted by molar-refractivity contribution is -0.136. The molecule has 7 nitrogen and oxygen atoms in total. The molecule has 3 atom stereocenters. The van der Waals surface area contributed by atoms with Gasteiger partial charge in [0.05, 0.1) is 6.04 Å². The van der Waals surface area contributed by atoms with Crippen molar-refractivity contribution in [2.45, 2.75) is 13.0 Å². The van der Waals surface area contributed by atoms with Gasteiger partial charge in [-0.3, -0.25) is 4.79 Å². The van der Waals surface area contributed by atoms with Gasteiger partial charge in [-0.2, -0.15) is 0 Å². The fourth-order valence-electron chi connectivity index (χ4n) is 4.20. The molecule has 0 radical (unpaired) electrons. The van der Waals surface area contributed by atoms with E-state index < -0.39 is 0 Å². The fraction of sp³-hybridized carbons (Fsp3) is 0.500. The van der Waals surface area contributed by atoms with Crippen LogP contribution in [-0.4, -0.2) is 54.4 Å². The first-order chi connectivity index (χ1) is 12.6. The Labute approximate surface area is 150 Å². The van der Waals surface area contributed by atoms with Gasteiger partial charge in [-0.15, -0.1) is 5.10 Å². The number of hydrogen-bond donors (Lipinski definition) is 0. The number of aromatic nitrogens is 2. The van der Waals surface area contributed by atoms with Gasteiger partial charge in [0.1, 0.15) is 12.4 Å². The molecule has 26 heavy (non-hydrogen) atoms. The van der Waals surface area contributed by atoms with Gasteiger partial charge in [0.15, 0.2) is 0 Å². The highest BCUT2D eigenvalue weighted by atomic mass is 19.1. The van der Waals surface area contributed by atoms with E-state index in [0.29, 0.717) is 25.0 Å². The van der Waals surface area contributed by atoms with Crippen molar-refractivity contribution in [3.63, 3.8) is 0 Å². The number of ether oxygens (including phenoxy) is 1. The molecule has 2 fully saturated rings. The summed E-state index contributed by atoms with van der Waals surface area (Å²) in [5.41, 5.74) is 0.811. The second-order valence-corrected chi connectivity index (χ2v) is 6.91. The molecule has 0 aliphatic carbocycles. The summed E-state index contributed by atoms with van der Waals surface area (Å²) in [5, 5.41) is 7.99. The molecule has 2 aromatic rings. The van der Waals surface area contributed by atoms with Crippen LogP contribution in [0.3, 0.4) is 0 Å². The minimum atomic E-state index is -0.299. The van der Waals surface area contributed by atoms with Gasteiger partial charge >= 0.3 is 6.01 Å². The van der Waals surface area contributed by atoms with Crippen LogP contribution in [0.5, 0.6) is 0 Å². The quantitative estimate of drug-likeness (QED) is 0.828. The van der Waals surface area contributed by atoms with E-state index in [2.05, 4.69) is 15.1 Å². The van der Waals surface area contributed by atoms with E-state index in [9.17, 15) is 9.18 Å². The average molecular weight is 360 g/mol. The third-order valence-corrected chi connectivity index (χ3v) is 5.23. The largest absolute Gasteiger partial charge is 0.408 e. The van der Waals surface area contributed by atoms with Crippen molar-refractivity contribution in [3.05, 3.63) is 41.5 Å². The summed E-state index contributed by atoms with van der Waals surface area (Å²) < 4.78 is 24.4. The number of amides is 1. The van der Waals surface area contributed by atoms with Crippen LogP contribution < -0.4 is 4.90 Å². The third kappa shape index (κ3) is 2.94. The predicted octanol–water partition coefficient (Wildman–Crippen LogP) is 1.80. The molecule has 4 rings (SSSR count). The zero-order valence-corrected chi connectivity index (χ0v) is 14.8. The minimum absolute atomic E-state index is 0.0256. The van der Waals surface area contributed by atoms with Crippen molar-refractivity contribution in [3.8, 4) is 0 Å². The van der Waals surface area contributed by atoms with Crippen molar-refractivity contribution in [2.75, 3.05) is 38.3 Å². The van der Waals surface area contributed by atoms with Crippen LogP contribution in [0.4, 0.5) is 10.4 Å². The first kappa shape index (κ1) is 17.0. The summed E-state index contributed by atoms with van der Waals surface area (Å²) in [6.45, 7) is 3.81. The van der Waals surface area contributed by atoms with E-state index in [-0.39, 0.29) is 36.2 Å². The summed E-state index contributed by atoms with van der Waals surface area (Å²) >= 11 is 0. The predicted molar refractivity (Wildman–Crippen MR) is 91.0 cm³/mol. The summed E-state index contributed by atoms with van der Waals surface area (Å²) in [4.78, 5) is 16.4. The van der Waals surface area contributed by atoms with E-state index in [4.69, 9.17) is 9.15 Å². The zero-order valence-electron chi connectivity index (χ0n) is 14.8. The third-order valence-electron chi connectivity index (χ3n) is 5.23. The molecular formula is C18H21FN4O3. The molecule has 138 valence electrons. The molecule has 1 amide bonds. The van der Waals surface area contributed by atoms with Crippen molar-refractivity contribution < 1.29 is 18.3 Å². The molecule has 1 aromatic heterocycles. The van der Waals surface area contributed by atoms with E-state index in [0.717, 1.165) is 12.1 Å². The van der Waals surface area contributed by atoms with Crippen LogP contribution in [-0.2, 0) is 9.53 Å². The molecule has 0 unspecified atom stereocenters. The van der Waals surface area contributed by atoms with Crippen LogP contribution in [0.2, 0.25) is 0 Å². The molecule has 8 heteroatoms. The molecule has 0 N–H and O–H groups in total. The number of rotatable bonds is 4. The highest BCUT2D eigenvalue weighted by Crippen LogP contribution is 2.45. The second-order valence-electron chi connectivity index (χ2n) is 6.91. The number of aryl methyl sites for hydroxylation is 1. The summed E-state index contributed by atoms with van der Waals surface area (Å²) in [7, 11) is 1.51. The minimum Gasteiger partial charge on any atom is -0.408 e. The number of likely N-dealkylation sites (tertiary alicyclic amines) is 1. The standard InChI is InChI=1S/C18H21FN4O3/c1-11-20-21-18(26-11)22-7-13-8-23(16(24)10-25-2)17(15(13)9-22)12-4-3-5-14(19)6-12/h3-6,13,15,17H,7-10H2,1-2H3/t13-,15-,17+/m1/s1. The van der Waals surface area contributed by atoms with Gasteiger partial charge in [-0.05, 0) is 17.7 Å². The van der Waals surface area contributed by atoms with Gasteiger partial charge in [0, 0.05) is 45.5 Å². The van der Waals surface area contributed by atoms with Crippen molar-refractivity contribution >= 4 is 11.9 Å². The first-order valence-electron chi connectivity index (χ1n) is 8.65. The highest BCUT2D eigenvalue weighted by molar-refractivity contribution is 5.78. The Kier molecular flexibility index (Phi) is 4.36. The lowest BCUT2D eigenvalue weighted by atomic mass is 9.89. The number of benzene rings is 1. The van der Waals surface area contributed by atoms with Crippen LogP contribution in [0.1, 0.15) is 17.5 Å². The van der Waals surface area contributed by atoms with E-state index in [1.165, 1.54) is 19.2 Å². The van der Waals surface area contributed by atoms with Gasteiger partial charge in [0.2, 0.25) is 11.8 Å². The number of fused-ring (bicyclic) bond motifs is 1. The van der Waals surface area contributed by atoms with E-state index in [1.54, 1.807) is 13.0 Å². The van der Waals surface area contributed by atoms with Crippen LogP contribution in [0.25, 0.3) is 0 Å². The second kappa shape index (κ2) is 6.68. The van der Waals surface area contributed by atoms with Crippen molar-refractivity contribution in [1.82, 2.24) is 15.1 Å². The lowest BCUT2D eigenvalue weighted by Crippen LogP contribution is -2.37. The molecule has 1 aromatic carbocycles. The maximum absolute atomic E-state index is 13.8. The van der Waals surface area contributed by atoms with Gasteiger partial charge in [-0.1, -0.05) is 17.2 Å². The number of hydrogen-bond acceptors (Lipinski definition) is 6. The molecule has 2 saturated heterocycles. The van der Waals surface area contributed by atoms with Crippen molar-refractivity contribution in [2.24, 2.45) is 11.8 Å². The highest BCUT2D eigenvalue weighted by Gasteiger charge is 2.50. The summed E-state index contributed by atoms with van der Waals surface area (Å²) in [6.07, 6.45) is 0. The molecule has 0 saturated carbocycles. The fourth-order valence-corrected chi connectivity index (χ4v) is 4.20. The lowest BCUT2D eigenvalue weighted by Gasteiger charge is -2.29. The Morgan fingerprint density at radius 3 is 2.88 bits per heavy atom. The Morgan fingerprint density at radius 1 is 1.35 bits per heavy atom. The number of halogens is 1. The molecule has 0 spiro atoms. The Hall–Kier alpha value is -2.48. The Bertz CT molecular complexity index is 811. The smallest absolute Gasteiger partial charge is 0.318 e. The van der Waals surface area contributed by atoms with Gasteiger partial charge in [0.25, 0.3) is 0 Å². The first-order valence-corrected chi connectivity index (χ1v) is 8.65. The maximum atomic E-state index is 13.8. The molecule has 3 heterocycles. The monoisotopic (exact) mass is 360 g/mol. The molecule has 2 aliphatic heterocycles. The SMILES string of the molecule is COCC(=O)N1C[C@H]2CN(c3nnc(C)o3)C[C@H]2[C@@H]1c1cccc(F)c1. The average Bonchev–Trinajstić information content (AvgIpc) is 3.28. The van der Waals surface area contributed by atoms with Gasteiger partial charge in [-0.25, -0.2) is 4.39 Å². The van der Waals surface area contributed by atoms with E-state index >= 15 is 0 Å². The van der Waals surface area contributed by atoms with Crippen LogP contribution in [0.15, 0.2) is 28.7 Å². The Balaban J connectivity index is 1.63. The summed E-state index contributed by atoms with van der Waals surface area (Å²) in [5.74, 6) is 0.584. The zero-order chi connectivity index (χ0) is 18.3. The summed E-state index contributed by atoms with van der Waals surface area (Å²) in [6, 6.07) is 6.81.